The van der Waals surface area contributed by atoms with E-state index in [0.717, 1.165) is 12.1 Å². The predicted molar refractivity (Wildman–Crippen MR) is 155 cm³/mol. The Balaban J connectivity index is 1.80. The summed E-state index contributed by atoms with van der Waals surface area (Å²) in [5.74, 6) is 0. The zero-order chi connectivity index (χ0) is 30.3. The van der Waals surface area contributed by atoms with Gasteiger partial charge in [0.2, 0.25) is 0 Å². The van der Waals surface area contributed by atoms with Crippen LogP contribution in [0.4, 0.5) is 68.2 Å². The van der Waals surface area contributed by atoms with Gasteiger partial charge in [-0.05, 0) is 61.4 Å². The van der Waals surface area contributed by atoms with Gasteiger partial charge in [0.25, 0.3) is 22.7 Å². The minimum Gasteiger partial charge on any atom is -0.350 e. The molecule has 0 unspecified atom stereocenters. The summed E-state index contributed by atoms with van der Waals surface area (Å²) >= 11 is 0. The zero-order valence-corrected chi connectivity index (χ0v) is 21.8. The molecule has 4 N–H and O–H groups in total. The van der Waals surface area contributed by atoms with Crippen LogP contribution < -0.4 is 21.3 Å². The number of hydrogen-bond donors (Lipinski definition) is 4. The number of fused-ring (bicyclic) bond motifs is 8. The number of nitro groups is 4. The molecule has 1 aliphatic rings. The van der Waals surface area contributed by atoms with Crippen molar-refractivity contribution in [1.29, 1.82) is 0 Å². The Bertz CT molecular complexity index is 1710. The SMILES string of the molecule is Cc1ccc2cc1Nc1cc(c([N+](=O)[O-])cc1[N+](=O)[O-])Nc1ccc(C)c(c1)Nc1cc(c([N+](=O)[O-])cc1[N+](=O)[O-])N2. The minimum atomic E-state index is -0.748. The molecular weight excluding hydrogens is 552 g/mol. The summed E-state index contributed by atoms with van der Waals surface area (Å²) in [6.07, 6.45) is 0. The monoisotopic (exact) mass is 572 g/mol. The highest BCUT2D eigenvalue weighted by atomic mass is 16.6. The number of rotatable bonds is 4. The standard InChI is InChI=1S/C26H20N8O8/c1-13-3-5-15-7-17(13)29-21-9-19(23(31(35)36)11-25(21)33(39)40)28-16-6-4-14(2)18(8-16)30-22-10-20(27-15)24(32(37)38)12-26(22)34(41)42/h3-12,27-30H,1-2H3. The number of benzene rings is 4. The van der Waals surface area contributed by atoms with Crippen LogP contribution in [0.3, 0.4) is 0 Å². The normalized spacial score (nSPS) is 11.7. The van der Waals surface area contributed by atoms with Gasteiger partial charge in [-0.2, -0.15) is 0 Å². The largest absolute Gasteiger partial charge is 0.350 e. The van der Waals surface area contributed by atoms with Crippen molar-refractivity contribution in [2.45, 2.75) is 13.8 Å². The van der Waals surface area contributed by atoms with E-state index in [0.29, 0.717) is 33.9 Å². The molecular formula is C26H20N8O8. The fourth-order valence-corrected chi connectivity index (χ4v) is 4.43. The minimum absolute atomic E-state index is 0.0468. The third-order valence-corrected chi connectivity index (χ3v) is 6.59. The molecule has 16 nitrogen and oxygen atoms in total. The predicted octanol–water partition coefficient (Wildman–Crippen LogP) is 7.22. The third kappa shape index (κ3) is 5.14. The molecule has 0 spiro atoms. The van der Waals surface area contributed by atoms with Gasteiger partial charge in [0.05, 0.1) is 31.8 Å². The molecule has 4 aromatic rings. The average molecular weight is 572 g/mol. The van der Waals surface area contributed by atoms with E-state index in [2.05, 4.69) is 21.3 Å². The van der Waals surface area contributed by atoms with E-state index in [9.17, 15) is 40.5 Å². The molecule has 42 heavy (non-hydrogen) atoms. The summed E-state index contributed by atoms with van der Waals surface area (Å²) in [7, 11) is 0. The summed E-state index contributed by atoms with van der Waals surface area (Å²) in [6.45, 7) is 3.43. The maximum Gasteiger partial charge on any atom is 0.299 e. The second kappa shape index (κ2) is 10.3. The van der Waals surface area contributed by atoms with Crippen LogP contribution in [0.2, 0.25) is 0 Å². The lowest BCUT2D eigenvalue weighted by atomic mass is 10.1. The number of nitrogens with zero attached hydrogens (tertiary/aromatic N) is 4. The van der Waals surface area contributed by atoms with Crippen molar-refractivity contribution in [2.24, 2.45) is 0 Å². The summed E-state index contributed by atoms with van der Waals surface area (Å²) in [5, 5.41) is 59.3. The molecule has 0 saturated heterocycles. The van der Waals surface area contributed by atoms with E-state index in [1.807, 2.05) is 0 Å². The van der Waals surface area contributed by atoms with E-state index in [4.69, 9.17) is 0 Å². The molecule has 16 heteroatoms. The van der Waals surface area contributed by atoms with Crippen LogP contribution in [-0.4, -0.2) is 19.7 Å². The highest BCUT2D eigenvalue weighted by Crippen LogP contribution is 2.43. The van der Waals surface area contributed by atoms with Crippen molar-refractivity contribution in [1.82, 2.24) is 0 Å². The maximum absolute atomic E-state index is 11.9. The van der Waals surface area contributed by atoms with Gasteiger partial charge in [-0.1, -0.05) is 12.1 Å². The van der Waals surface area contributed by atoms with Gasteiger partial charge in [-0.3, -0.25) is 40.5 Å². The number of aryl methyl sites for hydroxylation is 2. The van der Waals surface area contributed by atoms with Gasteiger partial charge in [-0.25, -0.2) is 0 Å². The van der Waals surface area contributed by atoms with Crippen molar-refractivity contribution in [3.8, 4) is 0 Å². The Morgan fingerprint density at radius 2 is 0.738 bits per heavy atom. The second-order valence-corrected chi connectivity index (χ2v) is 9.36. The van der Waals surface area contributed by atoms with E-state index >= 15 is 0 Å². The van der Waals surface area contributed by atoms with Crippen molar-refractivity contribution < 1.29 is 19.7 Å². The van der Waals surface area contributed by atoms with Crippen LogP contribution in [-0.2, 0) is 0 Å². The summed E-state index contributed by atoms with van der Waals surface area (Å²) in [4.78, 5) is 44.6. The maximum atomic E-state index is 11.9. The van der Waals surface area contributed by atoms with E-state index in [-0.39, 0.29) is 22.7 Å². The van der Waals surface area contributed by atoms with Crippen LogP contribution in [0, 0.1) is 54.3 Å². The average Bonchev–Trinajstić information content (AvgIpc) is 2.91. The molecule has 1 aliphatic heterocycles. The molecule has 212 valence electrons. The van der Waals surface area contributed by atoms with E-state index in [1.54, 1.807) is 38.1 Å². The Morgan fingerprint density at radius 1 is 0.429 bits per heavy atom. The molecule has 0 saturated carbocycles. The molecule has 8 bridgehead atoms. The van der Waals surface area contributed by atoms with Crippen molar-refractivity contribution >= 4 is 68.2 Å². The summed E-state index contributed by atoms with van der Waals surface area (Å²) in [5.41, 5.74) is 0.225. The Hall–Kier alpha value is -6.32. The van der Waals surface area contributed by atoms with Gasteiger partial charge in [0, 0.05) is 22.7 Å². The molecule has 0 radical (unpaired) electrons. The van der Waals surface area contributed by atoms with Crippen LogP contribution in [0.5, 0.6) is 0 Å². The number of nitro benzene ring substituents is 4. The molecule has 1 heterocycles. The van der Waals surface area contributed by atoms with Crippen molar-refractivity contribution in [2.75, 3.05) is 21.3 Å². The van der Waals surface area contributed by atoms with Gasteiger partial charge in [0.15, 0.2) is 0 Å². The van der Waals surface area contributed by atoms with Crippen LogP contribution in [0.25, 0.3) is 0 Å². The highest BCUT2D eigenvalue weighted by molar-refractivity contribution is 5.87. The first-order valence-electron chi connectivity index (χ1n) is 12.1. The topological polar surface area (TPSA) is 221 Å². The molecule has 4 aromatic carbocycles. The number of nitrogens with one attached hydrogen (secondary N) is 4. The van der Waals surface area contributed by atoms with Crippen LogP contribution >= 0.6 is 0 Å². The fourth-order valence-electron chi connectivity index (χ4n) is 4.43. The zero-order valence-electron chi connectivity index (χ0n) is 21.8. The van der Waals surface area contributed by atoms with E-state index in [1.165, 1.54) is 24.3 Å². The smallest absolute Gasteiger partial charge is 0.299 e. The first-order chi connectivity index (χ1) is 19.9. The quantitative estimate of drug-likeness (QED) is 0.124. The lowest BCUT2D eigenvalue weighted by Gasteiger charge is -2.17. The Morgan fingerprint density at radius 3 is 1.05 bits per heavy atom. The Kier molecular flexibility index (Phi) is 6.71. The first kappa shape index (κ1) is 27.3. The third-order valence-electron chi connectivity index (χ3n) is 6.59. The number of anilines is 8. The second-order valence-electron chi connectivity index (χ2n) is 9.36. The molecule has 0 fully saturated rings. The molecule has 5 rings (SSSR count). The lowest BCUT2D eigenvalue weighted by Crippen LogP contribution is -2.06. The van der Waals surface area contributed by atoms with E-state index < -0.39 is 42.4 Å². The van der Waals surface area contributed by atoms with Gasteiger partial charge < -0.3 is 21.3 Å². The molecule has 0 aromatic heterocycles. The van der Waals surface area contributed by atoms with Gasteiger partial charge in [0.1, 0.15) is 22.7 Å². The lowest BCUT2D eigenvalue weighted by molar-refractivity contribution is -0.393. The van der Waals surface area contributed by atoms with Crippen molar-refractivity contribution in [3.05, 3.63) is 112 Å². The van der Waals surface area contributed by atoms with Crippen molar-refractivity contribution in [3.63, 3.8) is 0 Å². The molecule has 0 aliphatic carbocycles. The first-order valence-corrected chi connectivity index (χ1v) is 12.1. The summed E-state index contributed by atoms with van der Waals surface area (Å²) in [6, 6.07) is 13.7. The fraction of sp³-hybridized carbons (Fsp3) is 0.0769. The highest BCUT2D eigenvalue weighted by Gasteiger charge is 2.28. The van der Waals surface area contributed by atoms with Gasteiger partial charge >= 0.3 is 0 Å². The van der Waals surface area contributed by atoms with Crippen LogP contribution in [0.1, 0.15) is 11.1 Å². The van der Waals surface area contributed by atoms with Gasteiger partial charge in [-0.15, -0.1) is 0 Å². The molecule has 0 amide bonds. The number of hydrogen-bond acceptors (Lipinski definition) is 12. The summed E-state index contributed by atoms with van der Waals surface area (Å²) < 4.78 is 0. The molecule has 0 atom stereocenters. The Labute approximate surface area is 235 Å². The van der Waals surface area contributed by atoms with Crippen LogP contribution in [0.15, 0.2) is 60.7 Å².